The van der Waals surface area contributed by atoms with Gasteiger partial charge in [-0.3, -0.25) is 4.90 Å². The topological polar surface area (TPSA) is 86.1 Å². The van der Waals surface area contributed by atoms with Gasteiger partial charge in [-0.2, -0.15) is 5.26 Å². The molecule has 0 amide bonds. The molecule has 0 aliphatic carbocycles. The van der Waals surface area contributed by atoms with Crippen molar-refractivity contribution >= 4 is 15.7 Å². The standard InChI is InChI=1S/C12H16N4O2S/c13-10-11-2-1-3-12(15-11)14-4-5-16-6-8-19(17,18)9-7-16/h1-3H,4-9H2,(H,14,15). The van der Waals surface area contributed by atoms with Crippen LogP contribution in [0.5, 0.6) is 0 Å². The Kier molecular flexibility index (Phi) is 4.35. The van der Waals surface area contributed by atoms with Crippen LogP contribution in [0.25, 0.3) is 0 Å². The summed E-state index contributed by atoms with van der Waals surface area (Å²) in [4.78, 5) is 6.22. The molecule has 1 fully saturated rings. The third kappa shape index (κ3) is 4.19. The highest BCUT2D eigenvalue weighted by Gasteiger charge is 2.20. The first-order chi connectivity index (χ1) is 9.09. The highest BCUT2D eigenvalue weighted by Crippen LogP contribution is 2.05. The number of aromatic nitrogens is 1. The molecular formula is C12H16N4O2S. The second-order valence-corrected chi connectivity index (χ2v) is 6.74. The average Bonchev–Trinajstić information content (AvgIpc) is 2.41. The first-order valence-corrected chi connectivity index (χ1v) is 7.95. The lowest BCUT2D eigenvalue weighted by molar-refractivity contribution is 0.307. The summed E-state index contributed by atoms with van der Waals surface area (Å²) < 4.78 is 22.6. The summed E-state index contributed by atoms with van der Waals surface area (Å²) in [5, 5.41) is 11.9. The number of anilines is 1. The molecule has 0 spiro atoms. The van der Waals surface area contributed by atoms with Crippen molar-refractivity contribution in [3.8, 4) is 6.07 Å². The molecule has 1 aliphatic heterocycles. The molecule has 1 aromatic heterocycles. The van der Waals surface area contributed by atoms with Crippen molar-refractivity contribution in [2.75, 3.05) is 43.0 Å². The van der Waals surface area contributed by atoms with Gasteiger partial charge < -0.3 is 5.32 Å². The predicted molar refractivity (Wildman–Crippen MR) is 72.5 cm³/mol. The molecule has 0 bridgehead atoms. The number of sulfone groups is 1. The van der Waals surface area contributed by atoms with Gasteiger partial charge in [-0.25, -0.2) is 13.4 Å². The minimum Gasteiger partial charge on any atom is -0.369 e. The van der Waals surface area contributed by atoms with E-state index in [0.29, 0.717) is 31.1 Å². The predicted octanol–water partition coefficient (Wildman–Crippen LogP) is 0.0956. The monoisotopic (exact) mass is 280 g/mol. The molecule has 0 radical (unpaired) electrons. The third-order valence-corrected chi connectivity index (χ3v) is 4.64. The van der Waals surface area contributed by atoms with Crippen molar-refractivity contribution < 1.29 is 8.42 Å². The molecule has 0 atom stereocenters. The van der Waals surface area contributed by atoms with Gasteiger partial charge in [0.2, 0.25) is 0 Å². The van der Waals surface area contributed by atoms with Gasteiger partial charge in [0.05, 0.1) is 11.5 Å². The summed E-state index contributed by atoms with van der Waals surface area (Å²) >= 11 is 0. The molecule has 102 valence electrons. The zero-order valence-electron chi connectivity index (χ0n) is 10.5. The lowest BCUT2D eigenvalue weighted by Gasteiger charge is -2.26. The van der Waals surface area contributed by atoms with E-state index < -0.39 is 9.84 Å². The Morgan fingerprint density at radius 3 is 2.79 bits per heavy atom. The highest BCUT2D eigenvalue weighted by atomic mass is 32.2. The third-order valence-electron chi connectivity index (χ3n) is 3.03. The maximum absolute atomic E-state index is 11.3. The van der Waals surface area contributed by atoms with E-state index >= 15 is 0 Å². The minimum absolute atomic E-state index is 0.245. The molecule has 0 unspecified atom stereocenters. The van der Waals surface area contributed by atoms with Crippen molar-refractivity contribution in [1.29, 1.82) is 5.26 Å². The fourth-order valence-electron chi connectivity index (χ4n) is 1.91. The van der Waals surface area contributed by atoms with Crippen LogP contribution in [0.2, 0.25) is 0 Å². The van der Waals surface area contributed by atoms with Gasteiger partial charge in [0, 0.05) is 26.2 Å². The molecule has 1 N–H and O–H groups in total. The van der Waals surface area contributed by atoms with Crippen molar-refractivity contribution in [1.82, 2.24) is 9.88 Å². The number of nitriles is 1. The van der Waals surface area contributed by atoms with Gasteiger partial charge in [0.1, 0.15) is 17.6 Å². The molecular weight excluding hydrogens is 264 g/mol. The molecule has 0 aromatic carbocycles. The largest absolute Gasteiger partial charge is 0.369 e. The first kappa shape index (κ1) is 13.8. The molecule has 2 heterocycles. The SMILES string of the molecule is N#Cc1cccc(NCCN2CCS(=O)(=O)CC2)n1. The van der Waals surface area contributed by atoms with Crippen LogP contribution in [0.1, 0.15) is 5.69 Å². The number of hydrogen-bond donors (Lipinski definition) is 1. The number of rotatable bonds is 4. The van der Waals surface area contributed by atoms with Gasteiger partial charge >= 0.3 is 0 Å². The lowest BCUT2D eigenvalue weighted by Crippen LogP contribution is -2.42. The summed E-state index contributed by atoms with van der Waals surface area (Å²) in [7, 11) is -2.81. The maximum Gasteiger partial charge on any atom is 0.152 e. The summed E-state index contributed by atoms with van der Waals surface area (Å²) in [5.41, 5.74) is 0.383. The quantitative estimate of drug-likeness (QED) is 0.841. The van der Waals surface area contributed by atoms with Crippen LogP contribution >= 0.6 is 0 Å². The van der Waals surface area contributed by atoms with Crippen molar-refractivity contribution in [2.45, 2.75) is 0 Å². The number of hydrogen-bond acceptors (Lipinski definition) is 6. The maximum atomic E-state index is 11.3. The second kappa shape index (κ2) is 5.99. The van der Waals surface area contributed by atoms with E-state index in [1.165, 1.54) is 0 Å². The summed E-state index contributed by atoms with van der Waals surface area (Å²) in [6.07, 6.45) is 0. The fourth-order valence-corrected chi connectivity index (χ4v) is 3.19. The van der Waals surface area contributed by atoms with Gasteiger partial charge in [-0.1, -0.05) is 6.07 Å². The van der Waals surface area contributed by atoms with Gasteiger partial charge in [0.25, 0.3) is 0 Å². The summed E-state index contributed by atoms with van der Waals surface area (Å²) in [6.45, 7) is 2.64. The smallest absolute Gasteiger partial charge is 0.152 e. The summed E-state index contributed by atoms with van der Waals surface area (Å²) in [5.74, 6) is 1.16. The lowest BCUT2D eigenvalue weighted by atomic mass is 10.3. The molecule has 1 aromatic rings. The molecule has 2 rings (SSSR count). The molecule has 6 nitrogen and oxygen atoms in total. The van der Waals surface area contributed by atoms with E-state index in [0.717, 1.165) is 6.54 Å². The van der Waals surface area contributed by atoms with Crippen LogP contribution in [0.4, 0.5) is 5.82 Å². The Morgan fingerprint density at radius 1 is 1.37 bits per heavy atom. The Labute approximate surface area is 113 Å². The normalized spacial score (nSPS) is 18.7. The Morgan fingerprint density at radius 2 is 2.11 bits per heavy atom. The second-order valence-electron chi connectivity index (χ2n) is 4.44. The van der Waals surface area contributed by atoms with Crippen molar-refractivity contribution in [3.05, 3.63) is 23.9 Å². The van der Waals surface area contributed by atoms with E-state index in [-0.39, 0.29) is 11.5 Å². The Balaban J connectivity index is 1.76. The first-order valence-electron chi connectivity index (χ1n) is 6.13. The van der Waals surface area contributed by atoms with Crippen molar-refractivity contribution in [2.24, 2.45) is 0 Å². The van der Waals surface area contributed by atoms with Crippen LogP contribution < -0.4 is 5.32 Å². The minimum atomic E-state index is -2.81. The van der Waals surface area contributed by atoms with Gasteiger partial charge in [0.15, 0.2) is 9.84 Å². The van der Waals surface area contributed by atoms with Crippen molar-refractivity contribution in [3.63, 3.8) is 0 Å². The zero-order valence-corrected chi connectivity index (χ0v) is 11.4. The van der Waals surface area contributed by atoms with E-state index in [4.69, 9.17) is 5.26 Å². The van der Waals surface area contributed by atoms with Crippen LogP contribution in [0.3, 0.4) is 0 Å². The van der Waals surface area contributed by atoms with Crippen LogP contribution in [0, 0.1) is 11.3 Å². The number of nitrogens with zero attached hydrogens (tertiary/aromatic N) is 3. The average molecular weight is 280 g/mol. The fraction of sp³-hybridized carbons (Fsp3) is 0.500. The molecule has 1 saturated heterocycles. The Hall–Kier alpha value is -1.65. The highest BCUT2D eigenvalue weighted by molar-refractivity contribution is 7.91. The number of pyridine rings is 1. The molecule has 0 saturated carbocycles. The van der Waals surface area contributed by atoms with Crippen LogP contribution in [0.15, 0.2) is 18.2 Å². The zero-order chi connectivity index (χ0) is 13.7. The van der Waals surface area contributed by atoms with E-state index in [1.54, 1.807) is 12.1 Å². The van der Waals surface area contributed by atoms with E-state index in [2.05, 4.69) is 15.2 Å². The molecule has 1 aliphatic rings. The van der Waals surface area contributed by atoms with Gasteiger partial charge in [-0.05, 0) is 12.1 Å². The Bertz CT molecular complexity index is 566. The molecule has 7 heteroatoms. The number of nitrogens with one attached hydrogen (secondary N) is 1. The van der Waals surface area contributed by atoms with E-state index in [9.17, 15) is 8.42 Å². The van der Waals surface area contributed by atoms with Crippen LogP contribution in [-0.2, 0) is 9.84 Å². The summed E-state index contributed by atoms with van der Waals surface area (Å²) in [6, 6.07) is 7.23. The molecule has 19 heavy (non-hydrogen) atoms. The van der Waals surface area contributed by atoms with Crippen LogP contribution in [-0.4, -0.2) is 56.0 Å². The van der Waals surface area contributed by atoms with Gasteiger partial charge in [-0.15, -0.1) is 0 Å². The van der Waals surface area contributed by atoms with E-state index in [1.807, 2.05) is 12.1 Å².